The van der Waals surface area contributed by atoms with Gasteiger partial charge in [-0.25, -0.2) is 4.39 Å². The molecule has 2 aromatic rings. The van der Waals surface area contributed by atoms with Crippen molar-refractivity contribution in [1.82, 2.24) is 4.90 Å². The number of ketones is 1. The third-order valence-electron chi connectivity index (χ3n) is 5.07. The molecule has 1 amide bonds. The highest BCUT2D eigenvalue weighted by atomic mass is 19.1. The molecular formula is C24H26FNO5. The highest BCUT2D eigenvalue weighted by Gasteiger charge is 2.46. The van der Waals surface area contributed by atoms with Gasteiger partial charge in [-0.2, -0.15) is 0 Å². The summed E-state index contributed by atoms with van der Waals surface area (Å²) in [6.07, 6.45) is 0.582. The topological polar surface area (TPSA) is 76.1 Å². The van der Waals surface area contributed by atoms with Crippen LogP contribution < -0.4 is 4.74 Å². The van der Waals surface area contributed by atoms with Gasteiger partial charge in [0.25, 0.3) is 11.7 Å². The van der Waals surface area contributed by atoms with E-state index in [2.05, 4.69) is 0 Å². The van der Waals surface area contributed by atoms with Gasteiger partial charge in [-0.1, -0.05) is 30.3 Å². The molecule has 0 spiro atoms. The zero-order valence-electron chi connectivity index (χ0n) is 17.8. The molecule has 0 aromatic heterocycles. The lowest BCUT2D eigenvalue weighted by molar-refractivity contribution is -0.140. The number of ether oxygens (including phenoxy) is 2. The van der Waals surface area contributed by atoms with Crippen LogP contribution in [0.4, 0.5) is 4.39 Å². The quantitative estimate of drug-likeness (QED) is 0.297. The number of benzene rings is 2. The monoisotopic (exact) mass is 427 g/mol. The van der Waals surface area contributed by atoms with Gasteiger partial charge >= 0.3 is 0 Å². The first-order valence-electron chi connectivity index (χ1n) is 10.1. The number of hydrogen-bond acceptors (Lipinski definition) is 5. The van der Waals surface area contributed by atoms with Crippen molar-refractivity contribution >= 4 is 17.4 Å². The van der Waals surface area contributed by atoms with Crippen molar-refractivity contribution in [2.24, 2.45) is 0 Å². The first-order chi connectivity index (χ1) is 14.8. The number of halogens is 1. The molecule has 0 saturated carbocycles. The predicted octanol–water partition coefficient (Wildman–Crippen LogP) is 4.07. The van der Waals surface area contributed by atoms with E-state index >= 15 is 0 Å². The Bertz CT molecular complexity index is 987. The number of nitrogens with zero attached hydrogens (tertiary/aromatic N) is 1. The maximum Gasteiger partial charge on any atom is 0.295 e. The standard InChI is InChI=1S/C24H26FNO5/c1-15(2)31-13-7-12-26-21(16-8-5-4-6-9-16)20(23(28)24(26)29)22(27)18-14-17(25)10-11-19(18)30-3/h4-6,8-11,14-15,21,27H,7,12-13H2,1-3H3/b22-20+. The third-order valence-corrected chi connectivity index (χ3v) is 5.07. The number of aliphatic hydroxyl groups excluding tert-OH is 1. The van der Waals surface area contributed by atoms with Crippen LogP contribution in [0.5, 0.6) is 5.75 Å². The number of carbonyl (C=O) groups excluding carboxylic acids is 2. The van der Waals surface area contributed by atoms with Crippen molar-refractivity contribution in [3.8, 4) is 5.75 Å². The fraction of sp³-hybridized carbons (Fsp3) is 0.333. The molecule has 1 aliphatic heterocycles. The van der Waals surface area contributed by atoms with Crippen LogP contribution in [0.1, 0.15) is 37.4 Å². The van der Waals surface area contributed by atoms with Crippen LogP contribution in [0.25, 0.3) is 5.76 Å². The van der Waals surface area contributed by atoms with Gasteiger partial charge in [0.2, 0.25) is 0 Å². The summed E-state index contributed by atoms with van der Waals surface area (Å²) < 4.78 is 24.7. The number of aliphatic hydroxyl groups is 1. The second-order valence-electron chi connectivity index (χ2n) is 7.52. The van der Waals surface area contributed by atoms with Gasteiger partial charge in [-0.15, -0.1) is 0 Å². The predicted molar refractivity (Wildman–Crippen MR) is 114 cm³/mol. The molecule has 3 rings (SSSR count). The van der Waals surface area contributed by atoms with E-state index < -0.39 is 29.3 Å². The molecule has 0 bridgehead atoms. The minimum atomic E-state index is -0.817. The lowest BCUT2D eigenvalue weighted by Crippen LogP contribution is -2.31. The molecule has 2 aromatic carbocycles. The Morgan fingerprint density at radius 3 is 2.52 bits per heavy atom. The Morgan fingerprint density at radius 1 is 1.16 bits per heavy atom. The van der Waals surface area contributed by atoms with Gasteiger partial charge in [-0.05, 0) is 44.0 Å². The van der Waals surface area contributed by atoms with E-state index in [-0.39, 0.29) is 29.5 Å². The number of rotatable bonds is 8. The van der Waals surface area contributed by atoms with Crippen LogP contribution in [0, 0.1) is 5.82 Å². The summed E-state index contributed by atoms with van der Waals surface area (Å²) >= 11 is 0. The van der Waals surface area contributed by atoms with Crippen molar-refractivity contribution in [1.29, 1.82) is 0 Å². The smallest absolute Gasteiger partial charge is 0.295 e. The molecular weight excluding hydrogens is 401 g/mol. The van der Waals surface area contributed by atoms with Gasteiger partial charge in [0.1, 0.15) is 17.3 Å². The van der Waals surface area contributed by atoms with E-state index in [1.54, 1.807) is 24.3 Å². The average molecular weight is 427 g/mol. The summed E-state index contributed by atoms with van der Waals surface area (Å²) in [4.78, 5) is 27.3. The maximum atomic E-state index is 13.9. The zero-order valence-corrected chi connectivity index (χ0v) is 17.8. The normalized spacial score (nSPS) is 18.1. The largest absolute Gasteiger partial charge is 0.507 e. The van der Waals surface area contributed by atoms with E-state index in [9.17, 15) is 19.1 Å². The average Bonchev–Trinajstić information content (AvgIpc) is 3.01. The van der Waals surface area contributed by atoms with Crippen molar-refractivity contribution < 1.29 is 28.6 Å². The maximum absolute atomic E-state index is 13.9. The third kappa shape index (κ3) is 4.77. The van der Waals surface area contributed by atoms with Crippen molar-refractivity contribution in [3.05, 3.63) is 71.0 Å². The number of likely N-dealkylation sites (tertiary alicyclic amines) is 1. The van der Waals surface area contributed by atoms with Gasteiger partial charge < -0.3 is 19.5 Å². The molecule has 6 nitrogen and oxygen atoms in total. The van der Waals surface area contributed by atoms with Crippen LogP contribution in [-0.2, 0) is 14.3 Å². The number of methoxy groups -OCH3 is 1. The summed E-state index contributed by atoms with van der Waals surface area (Å²) in [5, 5.41) is 11.0. The molecule has 1 atom stereocenters. The Labute approximate surface area is 180 Å². The molecule has 1 aliphatic rings. The fourth-order valence-corrected chi connectivity index (χ4v) is 3.66. The van der Waals surface area contributed by atoms with E-state index in [0.29, 0.717) is 18.6 Å². The van der Waals surface area contributed by atoms with E-state index in [0.717, 1.165) is 6.07 Å². The van der Waals surface area contributed by atoms with Crippen molar-refractivity contribution in [2.45, 2.75) is 32.4 Å². The number of hydrogen-bond donors (Lipinski definition) is 1. The zero-order chi connectivity index (χ0) is 22.5. The fourth-order valence-electron chi connectivity index (χ4n) is 3.66. The Kier molecular flexibility index (Phi) is 7.07. The second kappa shape index (κ2) is 9.75. The number of carbonyl (C=O) groups is 2. The molecule has 0 aliphatic carbocycles. The number of amides is 1. The van der Waals surface area contributed by atoms with Crippen LogP contribution in [-0.4, -0.2) is 48.1 Å². The van der Waals surface area contributed by atoms with E-state index in [1.165, 1.54) is 24.1 Å². The lowest BCUT2D eigenvalue weighted by Gasteiger charge is -2.25. The van der Waals surface area contributed by atoms with E-state index in [4.69, 9.17) is 9.47 Å². The number of Topliss-reactive ketones (excluding diaryl/α,β-unsaturated/α-hetero) is 1. The molecule has 1 N–H and O–H groups in total. The Hall–Kier alpha value is -3.19. The lowest BCUT2D eigenvalue weighted by atomic mass is 9.95. The summed E-state index contributed by atoms with van der Waals surface area (Å²) in [5.74, 6) is -2.40. The van der Waals surface area contributed by atoms with Crippen molar-refractivity contribution in [3.63, 3.8) is 0 Å². The van der Waals surface area contributed by atoms with Gasteiger partial charge in [-0.3, -0.25) is 9.59 Å². The highest BCUT2D eigenvalue weighted by Crippen LogP contribution is 2.41. The highest BCUT2D eigenvalue weighted by molar-refractivity contribution is 6.46. The first kappa shape index (κ1) is 22.5. The Morgan fingerprint density at radius 2 is 1.87 bits per heavy atom. The van der Waals surface area contributed by atoms with Crippen LogP contribution in [0.15, 0.2) is 54.1 Å². The van der Waals surface area contributed by atoms with Crippen LogP contribution in [0.3, 0.4) is 0 Å². The molecule has 1 fully saturated rings. The molecule has 1 heterocycles. The molecule has 7 heteroatoms. The summed E-state index contributed by atoms with van der Waals surface area (Å²) in [7, 11) is 1.38. The minimum Gasteiger partial charge on any atom is -0.507 e. The summed E-state index contributed by atoms with van der Waals surface area (Å²) in [6.45, 7) is 4.54. The first-order valence-corrected chi connectivity index (χ1v) is 10.1. The van der Waals surface area contributed by atoms with Gasteiger partial charge in [0, 0.05) is 13.2 Å². The van der Waals surface area contributed by atoms with E-state index in [1.807, 2.05) is 19.9 Å². The van der Waals surface area contributed by atoms with Gasteiger partial charge in [0.05, 0.1) is 30.4 Å². The minimum absolute atomic E-state index is 0.0181. The molecule has 31 heavy (non-hydrogen) atoms. The molecule has 164 valence electrons. The van der Waals surface area contributed by atoms with Gasteiger partial charge in [0.15, 0.2) is 0 Å². The van der Waals surface area contributed by atoms with Crippen LogP contribution >= 0.6 is 0 Å². The summed E-state index contributed by atoms with van der Waals surface area (Å²) in [6, 6.07) is 11.8. The van der Waals surface area contributed by atoms with Crippen molar-refractivity contribution in [2.75, 3.05) is 20.3 Å². The summed E-state index contributed by atoms with van der Waals surface area (Å²) in [5.41, 5.74) is 0.595. The molecule has 1 unspecified atom stereocenters. The Balaban J connectivity index is 2.07. The SMILES string of the molecule is COc1ccc(F)cc1/C(O)=C1\C(=O)C(=O)N(CCCOC(C)C)C1c1ccccc1. The second-order valence-corrected chi connectivity index (χ2v) is 7.52. The molecule has 1 saturated heterocycles. The molecule has 0 radical (unpaired) electrons. The van der Waals surface area contributed by atoms with Crippen LogP contribution in [0.2, 0.25) is 0 Å².